The van der Waals surface area contributed by atoms with E-state index in [1.807, 2.05) is 43.1 Å². The van der Waals surface area contributed by atoms with Crippen LogP contribution in [0.1, 0.15) is 53.2 Å². The maximum atomic E-state index is 13.1. The lowest BCUT2D eigenvalue weighted by Gasteiger charge is -2.33. The fourth-order valence-corrected chi connectivity index (χ4v) is 4.31. The lowest BCUT2D eigenvalue weighted by molar-refractivity contribution is 0.0719. The molecule has 1 amide bonds. The summed E-state index contributed by atoms with van der Waals surface area (Å²) >= 11 is 0. The zero-order valence-corrected chi connectivity index (χ0v) is 19.4. The molecule has 0 heterocycles. The molecule has 5 heteroatoms. The normalized spacial score (nSPS) is 17.6. The van der Waals surface area contributed by atoms with Gasteiger partial charge in [0.2, 0.25) is 0 Å². The van der Waals surface area contributed by atoms with Crippen molar-refractivity contribution in [3.05, 3.63) is 64.7 Å². The molecule has 0 saturated heterocycles. The largest absolute Gasteiger partial charge is 0.493 e. The van der Waals surface area contributed by atoms with E-state index in [0.717, 1.165) is 69.4 Å². The first-order valence-electron chi connectivity index (χ1n) is 12.0. The van der Waals surface area contributed by atoms with E-state index >= 15 is 0 Å². The number of likely N-dealkylation sites (N-methyl/N-ethyl adjacent to an activating group) is 1. The van der Waals surface area contributed by atoms with Crippen molar-refractivity contribution in [2.45, 2.75) is 51.6 Å². The minimum atomic E-state index is 0.0855. The number of nitrogens with one attached hydrogen (secondary N) is 1. The van der Waals surface area contributed by atoms with Crippen LogP contribution in [0.4, 0.5) is 0 Å². The Bertz CT molecular complexity index is 892. The van der Waals surface area contributed by atoms with Crippen molar-refractivity contribution in [3.63, 3.8) is 0 Å². The SMILES string of the molecule is CCOCCNCc1ccc2c(c1)CC[C@H](N(C)C(=O)c1ccc(OCC3CC3)cc1)C2. The molecule has 1 N–H and O–H groups in total. The van der Waals surface area contributed by atoms with Crippen LogP contribution in [-0.4, -0.2) is 50.3 Å². The van der Waals surface area contributed by atoms with Gasteiger partial charge < -0.3 is 19.7 Å². The summed E-state index contributed by atoms with van der Waals surface area (Å²) < 4.78 is 11.2. The van der Waals surface area contributed by atoms with Crippen LogP contribution < -0.4 is 10.1 Å². The highest BCUT2D eigenvalue weighted by molar-refractivity contribution is 5.94. The molecule has 0 spiro atoms. The third-order valence-corrected chi connectivity index (χ3v) is 6.58. The Morgan fingerprint density at radius 3 is 2.66 bits per heavy atom. The Morgan fingerprint density at radius 2 is 1.91 bits per heavy atom. The summed E-state index contributed by atoms with van der Waals surface area (Å²) in [6.07, 6.45) is 5.48. The Morgan fingerprint density at radius 1 is 1.09 bits per heavy atom. The first kappa shape index (κ1) is 22.8. The number of hydrogen-bond donors (Lipinski definition) is 1. The molecule has 0 bridgehead atoms. The van der Waals surface area contributed by atoms with Crippen molar-refractivity contribution >= 4 is 5.91 Å². The van der Waals surface area contributed by atoms with E-state index in [4.69, 9.17) is 9.47 Å². The first-order valence-corrected chi connectivity index (χ1v) is 12.0. The number of rotatable bonds is 11. The predicted molar refractivity (Wildman–Crippen MR) is 127 cm³/mol. The van der Waals surface area contributed by atoms with Gasteiger partial charge in [-0.25, -0.2) is 0 Å². The molecule has 0 aliphatic heterocycles. The zero-order valence-electron chi connectivity index (χ0n) is 19.4. The number of aryl methyl sites for hydroxylation is 1. The maximum absolute atomic E-state index is 13.1. The summed E-state index contributed by atoms with van der Waals surface area (Å²) in [4.78, 5) is 15.0. The molecule has 2 aliphatic carbocycles. The quantitative estimate of drug-likeness (QED) is 0.536. The van der Waals surface area contributed by atoms with Gasteiger partial charge in [-0.05, 0) is 85.9 Å². The molecule has 1 atom stereocenters. The van der Waals surface area contributed by atoms with Crippen LogP contribution in [0.5, 0.6) is 5.75 Å². The molecule has 0 aromatic heterocycles. The van der Waals surface area contributed by atoms with Crippen molar-refractivity contribution < 1.29 is 14.3 Å². The number of ether oxygens (including phenoxy) is 2. The van der Waals surface area contributed by atoms with E-state index in [2.05, 4.69) is 23.5 Å². The summed E-state index contributed by atoms with van der Waals surface area (Å²) in [6.45, 7) is 6.05. The standard InChI is InChI=1S/C27H36N2O3/c1-3-31-15-14-28-18-21-6-7-24-17-25(11-8-23(24)16-21)29(2)27(30)22-9-12-26(13-10-22)32-19-20-4-5-20/h6-7,9-10,12-13,16,20,25,28H,3-5,8,11,14-15,17-19H2,1-2H3/t25-/m0/s1. The van der Waals surface area contributed by atoms with E-state index in [-0.39, 0.29) is 11.9 Å². The highest BCUT2D eigenvalue weighted by atomic mass is 16.5. The molecule has 1 saturated carbocycles. The molecular weight excluding hydrogens is 400 g/mol. The van der Waals surface area contributed by atoms with Crippen LogP contribution in [0.2, 0.25) is 0 Å². The summed E-state index contributed by atoms with van der Waals surface area (Å²) in [5.41, 5.74) is 4.82. The van der Waals surface area contributed by atoms with Gasteiger partial charge >= 0.3 is 0 Å². The van der Waals surface area contributed by atoms with E-state index in [9.17, 15) is 4.79 Å². The number of nitrogens with zero attached hydrogens (tertiary/aromatic N) is 1. The second-order valence-corrected chi connectivity index (χ2v) is 9.07. The Balaban J connectivity index is 1.29. The Hall–Kier alpha value is -2.37. The molecular formula is C27H36N2O3. The maximum Gasteiger partial charge on any atom is 0.253 e. The minimum Gasteiger partial charge on any atom is -0.493 e. The monoisotopic (exact) mass is 436 g/mol. The second-order valence-electron chi connectivity index (χ2n) is 9.07. The van der Waals surface area contributed by atoms with Gasteiger partial charge in [-0.2, -0.15) is 0 Å². The number of carbonyl (C=O) groups excluding carboxylic acids is 1. The lowest BCUT2D eigenvalue weighted by atomic mass is 9.86. The number of carbonyl (C=O) groups is 1. The summed E-state index contributed by atoms with van der Waals surface area (Å²) in [5, 5.41) is 3.44. The number of fused-ring (bicyclic) bond motifs is 1. The van der Waals surface area contributed by atoms with Gasteiger partial charge in [0.25, 0.3) is 5.91 Å². The average molecular weight is 437 g/mol. The van der Waals surface area contributed by atoms with Gasteiger partial charge in [0.15, 0.2) is 0 Å². The van der Waals surface area contributed by atoms with Crippen molar-refractivity contribution in [1.29, 1.82) is 0 Å². The van der Waals surface area contributed by atoms with Crippen molar-refractivity contribution in [2.24, 2.45) is 5.92 Å². The molecule has 4 rings (SSSR count). The van der Waals surface area contributed by atoms with Gasteiger partial charge in [0.1, 0.15) is 5.75 Å². The molecule has 1 fully saturated rings. The lowest BCUT2D eigenvalue weighted by Crippen LogP contribution is -2.40. The fraction of sp³-hybridized carbons (Fsp3) is 0.519. The number of amides is 1. The molecule has 0 radical (unpaired) electrons. The van der Waals surface area contributed by atoms with E-state index in [1.54, 1.807) is 0 Å². The van der Waals surface area contributed by atoms with Crippen LogP contribution >= 0.6 is 0 Å². The molecule has 2 aliphatic rings. The second kappa shape index (κ2) is 11.0. The summed E-state index contributed by atoms with van der Waals surface area (Å²) in [5.74, 6) is 1.66. The minimum absolute atomic E-state index is 0.0855. The van der Waals surface area contributed by atoms with Crippen LogP contribution in [0.3, 0.4) is 0 Å². The molecule has 32 heavy (non-hydrogen) atoms. The third-order valence-electron chi connectivity index (χ3n) is 6.58. The molecule has 2 aromatic carbocycles. The Kier molecular flexibility index (Phi) is 7.82. The van der Waals surface area contributed by atoms with Crippen molar-refractivity contribution in [1.82, 2.24) is 10.2 Å². The fourth-order valence-electron chi connectivity index (χ4n) is 4.31. The molecule has 0 unspecified atom stereocenters. The predicted octanol–water partition coefficient (Wildman–Crippen LogP) is 4.23. The van der Waals surface area contributed by atoms with Crippen LogP contribution in [0, 0.1) is 5.92 Å². The van der Waals surface area contributed by atoms with Gasteiger partial charge in [-0.1, -0.05) is 18.2 Å². The topological polar surface area (TPSA) is 50.8 Å². The number of hydrogen-bond acceptors (Lipinski definition) is 4. The molecule has 5 nitrogen and oxygen atoms in total. The van der Waals surface area contributed by atoms with Crippen LogP contribution in [0.25, 0.3) is 0 Å². The smallest absolute Gasteiger partial charge is 0.253 e. The summed E-state index contributed by atoms with van der Waals surface area (Å²) in [7, 11) is 1.94. The third kappa shape index (κ3) is 6.11. The van der Waals surface area contributed by atoms with Gasteiger partial charge in [-0.15, -0.1) is 0 Å². The van der Waals surface area contributed by atoms with Gasteiger partial charge in [-0.3, -0.25) is 4.79 Å². The Labute approximate surface area is 192 Å². The zero-order chi connectivity index (χ0) is 22.3. The van der Waals surface area contributed by atoms with Crippen LogP contribution in [0.15, 0.2) is 42.5 Å². The van der Waals surface area contributed by atoms with Gasteiger partial charge in [0, 0.05) is 38.3 Å². The highest BCUT2D eigenvalue weighted by Crippen LogP contribution is 2.30. The number of benzene rings is 2. The molecule has 172 valence electrons. The summed E-state index contributed by atoms with van der Waals surface area (Å²) in [6, 6.07) is 14.6. The van der Waals surface area contributed by atoms with E-state index in [0.29, 0.717) is 0 Å². The van der Waals surface area contributed by atoms with Crippen LogP contribution in [-0.2, 0) is 24.1 Å². The van der Waals surface area contributed by atoms with E-state index < -0.39 is 0 Å². The first-order chi connectivity index (χ1) is 15.6. The van der Waals surface area contributed by atoms with E-state index in [1.165, 1.54) is 29.5 Å². The molecule has 2 aromatic rings. The average Bonchev–Trinajstić information content (AvgIpc) is 3.66. The van der Waals surface area contributed by atoms with Crippen molar-refractivity contribution in [3.8, 4) is 5.75 Å². The highest BCUT2D eigenvalue weighted by Gasteiger charge is 2.26. The van der Waals surface area contributed by atoms with Crippen molar-refractivity contribution in [2.75, 3.05) is 33.4 Å². The van der Waals surface area contributed by atoms with Gasteiger partial charge in [0.05, 0.1) is 13.2 Å².